The van der Waals surface area contributed by atoms with E-state index in [-0.39, 0.29) is 11.7 Å². The number of hydrogen-bond acceptors (Lipinski definition) is 3. The Balaban J connectivity index is 2.06. The molecule has 3 rings (SSSR count). The predicted octanol–water partition coefficient (Wildman–Crippen LogP) is 2.52. The molecule has 5 nitrogen and oxygen atoms in total. The van der Waals surface area contributed by atoms with Gasteiger partial charge in [-0.1, -0.05) is 30.3 Å². The van der Waals surface area contributed by atoms with E-state index >= 15 is 0 Å². The van der Waals surface area contributed by atoms with E-state index in [1.165, 1.54) is 6.92 Å². The third-order valence-electron chi connectivity index (χ3n) is 3.09. The van der Waals surface area contributed by atoms with Gasteiger partial charge in [-0.15, -0.1) is 0 Å². The van der Waals surface area contributed by atoms with Gasteiger partial charge in [0.1, 0.15) is 11.3 Å². The molecule has 21 heavy (non-hydrogen) atoms. The number of nitrogens with zero attached hydrogens (tertiary/aromatic N) is 2. The molecule has 0 saturated carbocycles. The lowest BCUT2D eigenvalue weighted by Crippen LogP contribution is -2.08. The number of rotatable bonds is 3. The average molecular weight is 279 g/mol. The zero-order valence-corrected chi connectivity index (χ0v) is 11.4. The molecular formula is C16H13N3O2. The van der Waals surface area contributed by atoms with Gasteiger partial charge in [-0.25, -0.2) is 4.98 Å². The van der Waals surface area contributed by atoms with Gasteiger partial charge in [0.2, 0.25) is 11.7 Å². The molecule has 3 aromatic rings. The summed E-state index contributed by atoms with van der Waals surface area (Å²) in [6.45, 7) is 1.44. The quantitative estimate of drug-likeness (QED) is 0.749. The Morgan fingerprint density at radius 1 is 1.10 bits per heavy atom. The largest absolute Gasteiger partial charge is 0.325 e. The van der Waals surface area contributed by atoms with Crippen molar-refractivity contribution in [2.75, 3.05) is 5.32 Å². The molecule has 0 aliphatic rings. The van der Waals surface area contributed by atoms with E-state index in [0.717, 1.165) is 0 Å². The number of amides is 1. The van der Waals surface area contributed by atoms with Crippen LogP contribution in [0.5, 0.6) is 0 Å². The number of hydrogen-bond donors (Lipinski definition) is 1. The molecule has 0 radical (unpaired) electrons. The smallest absolute Gasteiger partial charge is 0.221 e. The van der Waals surface area contributed by atoms with E-state index in [2.05, 4.69) is 10.3 Å². The molecule has 1 amide bonds. The maximum Gasteiger partial charge on any atom is 0.221 e. The molecule has 0 saturated heterocycles. The molecular weight excluding hydrogens is 266 g/mol. The Hall–Kier alpha value is -2.95. The number of benzene rings is 1. The van der Waals surface area contributed by atoms with Crippen molar-refractivity contribution < 1.29 is 9.59 Å². The lowest BCUT2D eigenvalue weighted by atomic mass is 10.1. The Labute approximate surface area is 121 Å². The van der Waals surface area contributed by atoms with Crippen LogP contribution < -0.4 is 5.32 Å². The van der Waals surface area contributed by atoms with Crippen LogP contribution in [0.2, 0.25) is 0 Å². The van der Waals surface area contributed by atoms with Crippen LogP contribution in [0.15, 0.2) is 54.9 Å². The molecule has 0 aliphatic carbocycles. The fourth-order valence-electron chi connectivity index (χ4n) is 2.16. The van der Waals surface area contributed by atoms with E-state index in [1.54, 1.807) is 41.1 Å². The average Bonchev–Trinajstić information content (AvgIpc) is 2.90. The molecule has 2 heterocycles. The Kier molecular flexibility index (Phi) is 3.23. The molecule has 104 valence electrons. The zero-order chi connectivity index (χ0) is 14.8. The number of carbonyl (C=O) groups excluding carboxylic acids is 2. The summed E-state index contributed by atoms with van der Waals surface area (Å²) in [6.07, 6.45) is 3.24. The summed E-state index contributed by atoms with van der Waals surface area (Å²) >= 11 is 0. The summed E-state index contributed by atoms with van der Waals surface area (Å²) in [6, 6.07) is 12.5. The van der Waals surface area contributed by atoms with Gasteiger partial charge in [-0.2, -0.15) is 0 Å². The first kappa shape index (κ1) is 13.1. The van der Waals surface area contributed by atoms with E-state index in [0.29, 0.717) is 22.6 Å². The summed E-state index contributed by atoms with van der Waals surface area (Å²) in [7, 11) is 0. The first-order chi connectivity index (χ1) is 10.1. The second kappa shape index (κ2) is 5.20. The fourth-order valence-corrected chi connectivity index (χ4v) is 2.16. The van der Waals surface area contributed by atoms with E-state index in [9.17, 15) is 9.59 Å². The first-order valence-electron chi connectivity index (χ1n) is 6.49. The van der Waals surface area contributed by atoms with Gasteiger partial charge in [-0.3, -0.25) is 14.0 Å². The summed E-state index contributed by atoms with van der Waals surface area (Å²) < 4.78 is 1.68. The van der Waals surface area contributed by atoms with Crippen molar-refractivity contribution in [2.45, 2.75) is 6.92 Å². The summed E-state index contributed by atoms with van der Waals surface area (Å²) in [4.78, 5) is 27.8. The van der Waals surface area contributed by atoms with E-state index in [4.69, 9.17) is 0 Å². The second-order valence-corrected chi connectivity index (χ2v) is 4.67. The number of imidazole rings is 1. The highest BCUT2D eigenvalue weighted by Gasteiger charge is 2.14. The fraction of sp³-hybridized carbons (Fsp3) is 0.0625. The molecule has 0 fully saturated rings. The van der Waals surface area contributed by atoms with Crippen LogP contribution in [0, 0.1) is 0 Å². The van der Waals surface area contributed by atoms with Crippen LogP contribution in [0.4, 0.5) is 5.69 Å². The predicted molar refractivity (Wildman–Crippen MR) is 79.4 cm³/mol. The lowest BCUT2D eigenvalue weighted by Gasteiger charge is -2.05. The summed E-state index contributed by atoms with van der Waals surface area (Å²) in [5.74, 6) is -0.270. The monoisotopic (exact) mass is 279 g/mol. The number of pyridine rings is 1. The summed E-state index contributed by atoms with van der Waals surface area (Å²) in [5.41, 5.74) is 2.34. The maximum absolute atomic E-state index is 12.5. The molecule has 2 aromatic heterocycles. The van der Waals surface area contributed by atoms with E-state index in [1.807, 2.05) is 18.2 Å². The van der Waals surface area contributed by atoms with Crippen LogP contribution in [-0.4, -0.2) is 21.1 Å². The molecule has 0 atom stereocenters. The van der Waals surface area contributed by atoms with Gasteiger partial charge >= 0.3 is 0 Å². The first-order valence-corrected chi connectivity index (χ1v) is 6.49. The topological polar surface area (TPSA) is 63.5 Å². The number of nitrogens with one attached hydrogen (secondary N) is 1. The lowest BCUT2D eigenvalue weighted by molar-refractivity contribution is -0.114. The Morgan fingerprint density at radius 2 is 1.86 bits per heavy atom. The van der Waals surface area contributed by atoms with Crippen molar-refractivity contribution in [2.24, 2.45) is 0 Å². The van der Waals surface area contributed by atoms with Crippen molar-refractivity contribution in [1.29, 1.82) is 0 Å². The van der Waals surface area contributed by atoms with Crippen LogP contribution in [0.1, 0.15) is 23.0 Å². The minimum Gasteiger partial charge on any atom is -0.325 e. The number of anilines is 1. The van der Waals surface area contributed by atoms with E-state index < -0.39 is 0 Å². The van der Waals surface area contributed by atoms with Crippen molar-refractivity contribution in [3.05, 3.63) is 66.1 Å². The van der Waals surface area contributed by atoms with Gasteiger partial charge in [0.25, 0.3) is 0 Å². The van der Waals surface area contributed by atoms with Crippen molar-refractivity contribution in [3.8, 4) is 0 Å². The molecule has 0 spiro atoms. The Morgan fingerprint density at radius 3 is 2.57 bits per heavy atom. The molecule has 0 unspecified atom stereocenters. The summed E-state index contributed by atoms with van der Waals surface area (Å²) in [5, 5.41) is 2.69. The number of ketones is 1. The van der Waals surface area contributed by atoms with Crippen molar-refractivity contribution >= 4 is 23.0 Å². The zero-order valence-electron chi connectivity index (χ0n) is 11.4. The number of fused-ring (bicyclic) bond motifs is 1. The maximum atomic E-state index is 12.5. The van der Waals surface area contributed by atoms with Gasteiger partial charge in [0.05, 0.1) is 11.9 Å². The highest BCUT2D eigenvalue weighted by Crippen LogP contribution is 2.16. The van der Waals surface area contributed by atoms with Crippen LogP contribution in [0.3, 0.4) is 0 Å². The standard InChI is InChI=1S/C16H13N3O2/c1-11(20)18-13-7-8-15-17-9-14(19(15)10-13)16(21)12-5-3-2-4-6-12/h2-10H,1H3,(H,18,20). The highest BCUT2D eigenvalue weighted by atomic mass is 16.1. The molecule has 1 N–H and O–H groups in total. The Bertz CT molecular complexity index is 822. The molecule has 0 aliphatic heterocycles. The number of carbonyl (C=O) groups is 2. The SMILES string of the molecule is CC(=O)Nc1ccc2ncc(C(=O)c3ccccc3)n2c1. The van der Waals surface area contributed by atoms with Crippen molar-refractivity contribution in [1.82, 2.24) is 9.38 Å². The van der Waals surface area contributed by atoms with Crippen molar-refractivity contribution in [3.63, 3.8) is 0 Å². The van der Waals surface area contributed by atoms with Crippen LogP contribution in [0.25, 0.3) is 5.65 Å². The van der Waals surface area contributed by atoms with Gasteiger partial charge in [0, 0.05) is 18.7 Å². The molecule has 0 bridgehead atoms. The normalized spacial score (nSPS) is 10.5. The van der Waals surface area contributed by atoms with Gasteiger partial charge in [-0.05, 0) is 12.1 Å². The minimum absolute atomic E-state index is 0.108. The van der Waals surface area contributed by atoms with Crippen LogP contribution in [-0.2, 0) is 4.79 Å². The third-order valence-corrected chi connectivity index (χ3v) is 3.09. The van der Waals surface area contributed by atoms with Gasteiger partial charge < -0.3 is 5.32 Å². The van der Waals surface area contributed by atoms with Gasteiger partial charge in [0.15, 0.2) is 0 Å². The molecule has 1 aromatic carbocycles. The molecule has 5 heteroatoms. The minimum atomic E-state index is -0.162. The second-order valence-electron chi connectivity index (χ2n) is 4.67. The van der Waals surface area contributed by atoms with Crippen LogP contribution >= 0.6 is 0 Å². The highest BCUT2D eigenvalue weighted by molar-refractivity contribution is 6.08. The number of aromatic nitrogens is 2. The third kappa shape index (κ3) is 2.53.